The number of carbonyl (C=O) groups is 1. The number of hydrogen-bond acceptors (Lipinski definition) is 8. The van der Waals surface area contributed by atoms with Crippen molar-refractivity contribution in [3.63, 3.8) is 0 Å². The molecule has 0 saturated carbocycles. The van der Waals surface area contributed by atoms with Crippen LogP contribution in [0.1, 0.15) is 28.1 Å². The maximum absolute atomic E-state index is 12.1. The van der Waals surface area contributed by atoms with Gasteiger partial charge in [0.05, 0.1) is 13.1 Å². The third kappa shape index (κ3) is 2.47. The molecule has 122 valence electrons. The van der Waals surface area contributed by atoms with E-state index in [4.69, 9.17) is 9.26 Å². The van der Waals surface area contributed by atoms with Gasteiger partial charge >= 0.3 is 0 Å². The summed E-state index contributed by atoms with van der Waals surface area (Å²) in [4.78, 5) is 17.6. The zero-order valence-electron chi connectivity index (χ0n) is 12.9. The highest BCUT2D eigenvalue weighted by Crippen LogP contribution is 2.35. The number of nitrogens with one attached hydrogen (secondary N) is 1. The number of amides is 1. The maximum Gasteiger partial charge on any atom is 0.293 e. The molecule has 24 heavy (non-hydrogen) atoms. The highest BCUT2D eigenvalue weighted by Gasteiger charge is 2.28. The molecule has 3 heterocycles. The van der Waals surface area contributed by atoms with Crippen LogP contribution in [-0.2, 0) is 7.05 Å². The molecule has 10 heteroatoms. The molecule has 0 spiro atoms. The van der Waals surface area contributed by atoms with E-state index in [1.165, 1.54) is 4.80 Å². The highest BCUT2D eigenvalue weighted by atomic mass is 16.5. The Balaban J connectivity index is 1.55. The number of aromatic nitrogens is 6. The summed E-state index contributed by atoms with van der Waals surface area (Å²) >= 11 is 0. The number of hydrogen-bond donors (Lipinski definition) is 1. The predicted octanol–water partition coefficient (Wildman–Crippen LogP) is 0.432. The first-order chi connectivity index (χ1) is 11.6. The molecule has 0 saturated heterocycles. The van der Waals surface area contributed by atoms with Gasteiger partial charge in [0.25, 0.3) is 11.7 Å². The van der Waals surface area contributed by atoms with Crippen molar-refractivity contribution >= 4 is 5.91 Å². The number of tetrazole rings is 1. The lowest BCUT2D eigenvalue weighted by Crippen LogP contribution is -2.30. The molecule has 0 aliphatic carbocycles. The second-order valence-electron chi connectivity index (χ2n) is 5.33. The summed E-state index contributed by atoms with van der Waals surface area (Å²) in [5.41, 5.74) is 1.66. The molecular formula is C14H13N7O3. The van der Waals surface area contributed by atoms with E-state index in [1.807, 2.05) is 18.2 Å². The first-order valence-electron chi connectivity index (χ1n) is 7.22. The third-order valence-electron chi connectivity index (χ3n) is 3.60. The molecular weight excluding hydrogens is 314 g/mol. The number of aryl methyl sites for hydroxylation is 2. The van der Waals surface area contributed by atoms with Crippen LogP contribution >= 0.6 is 0 Å². The molecule has 1 atom stereocenters. The Kier molecular flexibility index (Phi) is 3.22. The molecule has 2 aromatic heterocycles. The predicted molar refractivity (Wildman–Crippen MR) is 79.0 cm³/mol. The summed E-state index contributed by atoms with van der Waals surface area (Å²) in [7, 11) is 1.60. The quantitative estimate of drug-likeness (QED) is 0.735. The molecule has 1 N–H and O–H groups in total. The van der Waals surface area contributed by atoms with E-state index >= 15 is 0 Å². The monoisotopic (exact) mass is 327 g/mol. The van der Waals surface area contributed by atoms with Gasteiger partial charge in [-0.3, -0.25) is 4.79 Å². The van der Waals surface area contributed by atoms with Crippen LogP contribution < -0.4 is 10.1 Å². The van der Waals surface area contributed by atoms with Crippen molar-refractivity contribution in [3.05, 3.63) is 35.5 Å². The van der Waals surface area contributed by atoms with Crippen molar-refractivity contribution in [1.82, 2.24) is 35.7 Å². The summed E-state index contributed by atoms with van der Waals surface area (Å²) in [6, 6.07) is 5.28. The van der Waals surface area contributed by atoms with E-state index in [-0.39, 0.29) is 11.9 Å². The number of ether oxygens (including phenoxy) is 1. The highest BCUT2D eigenvalue weighted by molar-refractivity contribution is 5.90. The minimum absolute atomic E-state index is 0.0184. The second-order valence-corrected chi connectivity index (χ2v) is 5.33. The Morgan fingerprint density at radius 2 is 2.29 bits per heavy atom. The number of nitrogens with zero attached hydrogens (tertiary/aromatic N) is 6. The maximum atomic E-state index is 12.1. The zero-order valence-corrected chi connectivity index (χ0v) is 12.9. The van der Waals surface area contributed by atoms with Crippen LogP contribution in [0.25, 0.3) is 11.4 Å². The van der Waals surface area contributed by atoms with Crippen molar-refractivity contribution in [2.75, 3.05) is 6.61 Å². The van der Waals surface area contributed by atoms with E-state index in [1.54, 1.807) is 14.0 Å². The van der Waals surface area contributed by atoms with Gasteiger partial charge in [-0.2, -0.15) is 9.78 Å². The van der Waals surface area contributed by atoms with Crippen LogP contribution in [0, 0.1) is 6.92 Å². The van der Waals surface area contributed by atoms with Gasteiger partial charge in [0.2, 0.25) is 11.7 Å². The van der Waals surface area contributed by atoms with Crippen molar-refractivity contribution < 1.29 is 14.1 Å². The lowest BCUT2D eigenvalue weighted by atomic mass is 10.1. The van der Waals surface area contributed by atoms with Crippen LogP contribution in [-0.4, -0.2) is 42.9 Å². The first kappa shape index (κ1) is 14.3. The van der Waals surface area contributed by atoms with Gasteiger partial charge in [0, 0.05) is 18.1 Å². The minimum atomic E-state index is -0.401. The molecule has 1 unspecified atom stereocenters. The fourth-order valence-corrected chi connectivity index (χ4v) is 2.48. The number of fused-ring (bicyclic) bond motifs is 1. The van der Waals surface area contributed by atoms with Crippen LogP contribution in [0.2, 0.25) is 0 Å². The molecule has 4 rings (SSSR count). The summed E-state index contributed by atoms with van der Waals surface area (Å²) < 4.78 is 10.6. The Hall–Kier alpha value is -3.30. The molecule has 1 aromatic carbocycles. The van der Waals surface area contributed by atoms with Gasteiger partial charge in [-0.25, -0.2) is 0 Å². The molecule has 1 aliphatic heterocycles. The van der Waals surface area contributed by atoms with Gasteiger partial charge in [-0.1, -0.05) is 17.3 Å². The molecule has 0 fully saturated rings. The minimum Gasteiger partial charge on any atom is -0.491 e. The Morgan fingerprint density at radius 1 is 1.42 bits per heavy atom. The summed E-state index contributed by atoms with van der Waals surface area (Å²) in [6.07, 6.45) is 0. The summed E-state index contributed by atoms with van der Waals surface area (Å²) in [5.74, 6) is 1.28. The average molecular weight is 327 g/mol. The van der Waals surface area contributed by atoms with E-state index < -0.39 is 5.91 Å². The van der Waals surface area contributed by atoms with Crippen molar-refractivity contribution in [1.29, 1.82) is 0 Å². The van der Waals surface area contributed by atoms with Crippen molar-refractivity contribution in [2.45, 2.75) is 13.0 Å². The fraction of sp³-hybridized carbons (Fsp3) is 0.286. The number of rotatable bonds is 3. The Morgan fingerprint density at radius 3 is 3.00 bits per heavy atom. The lowest BCUT2D eigenvalue weighted by molar-refractivity contribution is 0.0919. The van der Waals surface area contributed by atoms with Gasteiger partial charge in [0.1, 0.15) is 12.4 Å². The van der Waals surface area contributed by atoms with Crippen LogP contribution in [0.5, 0.6) is 5.75 Å². The molecule has 0 radical (unpaired) electrons. The van der Waals surface area contributed by atoms with Gasteiger partial charge in [-0.05, 0) is 11.3 Å². The van der Waals surface area contributed by atoms with Gasteiger partial charge in [-0.15, -0.1) is 10.2 Å². The van der Waals surface area contributed by atoms with E-state index in [0.29, 0.717) is 24.1 Å². The Bertz CT molecular complexity index is 917. The molecule has 3 aromatic rings. The van der Waals surface area contributed by atoms with Crippen molar-refractivity contribution in [3.8, 4) is 17.1 Å². The summed E-state index contributed by atoms with van der Waals surface area (Å²) in [5, 5.41) is 17.9. The van der Waals surface area contributed by atoms with Crippen LogP contribution in [0.3, 0.4) is 0 Å². The second kappa shape index (κ2) is 5.41. The number of carbonyl (C=O) groups excluding carboxylic acids is 1. The largest absolute Gasteiger partial charge is 0.491 e. The fourth-order valence-electron chi connectivity index (χ4n) is 2.48. The molecule has 1 aliphatic rings. The summed E-state index contributed by atoms with van der Waals surface area (Å²) in [6.45, 7) is 2.06. The van der Waals surface area contributed by atoms with E-state index in [0.717, 1.165) is 11.1 Å². The lowest BCUT2D eigenvalue weighted by Gasteiger charge is -2.09. The first-order valence-corrected chi connectivity index (χ1v) is 7.22. The van der Waals surface area contributed by atoms with Crippen molar-refractivity contribution in [2.24, 2.45) is 7.05 Å². The van der Waals surface area contributed by atoms with E-state index in [9.17, 15) is 4.79 Å². The number of benzene rings is 1. The third-order valence-corrected chi connectivity index (χ3v) is 3.60. The smallest absolute Gasteiger partial charge is 0.293 e. The molecule has 1 amide bonds. The Labute approximate surface area is 135 Å². The normalized spacial score (nSPS) is 15.8. The standard InChI is InChI=1S/C14H13N7O3/c1-7-15-12(19-24-7)8-3-4-9-10(6-23-11(9)5-8)16-14(22)13-17-20-21(2)18-13/h3-5,10H,6H2,1-2H3,(H,16,22). The SMILES string of the molecule is Cc1nc(-c2ccc3c(c2)OCC3NC(=O)c2nnn(C)n2)no1. The van der Waals surface area contributed by atoms with E-state index in [2.05, 4.69) is 30.9 Å². The molecule has 0 bridgehead atoms. The molecule has 10 nitrogen and oxygen atoms in total. The van der Waals surface area contributed by atoms with Crippen LogP contribution in [0.15, 0.2) is 22.7 Å². The topological polar surface area (TPSA) is 121 Å². The zero-order chi connectivity index (χ0) is 16.7. The van der Waals surface area contributed by atoms with Gasteiger partial charge < -0.3 is 14.6 Å². The van der Waals surface area contributed by atoms with Gasteiger partial charge in [0.15, 0.2) is 0 Å². The average Bonchev–Trinajstić information content (AvgIpc) is 3.28. The van der Waals surface area contributed by atoms with Crippen LogP contribution in [0.4, 0.5) is 0 Å².